The maximum absolute atomic E-state index is 5.32. The highest BCUT2D eigenvalue weighted by Gasteiger charge is 2.28. The minimum absolute atomic E-state index is 0.627. The average Bonchev–Trinajstić information content (AvgIpc) is 3.13. The number of nitrogens with one attached hydrogen (secondary N) is 1. The summed E-state index contributed by atoms with van der Waals surface area (Å²) in [5.74, 6) is 2.28. The summed E-state index contributed by atoms with van der Waals surface area (Å²) in [7, 11) is 1.95. The van der Waals surface area contributed by atoms with Gasteiger partial charge in [0, 0.05) is 24.2 Å². The van der Waals surface area contributed by atoms with Gasteiger partial charge in [0.2, 0.25) is 0 Å². The van der Waals surface area contributed by atoms with Gasteiger partial charge in [0.25, 0.3) is 0 Å². The molecule has 0 radical (unpaired) electrons. The van der Waals surface area contributed by atoms with E-state index in [0.717, 1.165) is 23.7 Å². The van der Waals surface area contributed by atoms with Crippen molar-refractivity contribution in [3.63, 3.8) is 0 Å². The molecule has 0 amide bonds. The van der Waals surface area contributed by atoms with E-state index in [0.29, 0.717) is 5.92 Å². The monoisotopic (exact) mass is 243 g/mol. The summed E-state index contributed by atoms with van der Waals surface area (Å²) in [5.41, 5.74) is 3.41. The Balaban J connectivity index is 2.02. The van der Waals surface area contributed by atoms with Gasteiger partial charge in [-0.2, -0.15) is 0 Å². The third kappa shape index (κ3) is 2.04. The van der Waals surface area contributed by atoms with E-state index in [1.807, 2.05) is 26.2 Å². The summed E-state index contributed by atoms with van der Waals surface area (Å²) >= 11 is 0. The average molecular weight is 243 g/mol. The lowest BCUT2D eigenvalue weighted by molar-refractivity contribution is 0.535. The Hall–Kier alpha value is -1.68. The molecule has 0 spiro atoms. The second-order valence-corrected chi connectivity index (χ2v) is 4.80. The molecule has 94 valence electrons. The standard InChI is InChI=1S/C14H17N3O/c1-9-12(5-6-18-9)14-16-8-11(7-15-2)13(17-14)10-3-4-10/h5-6,8,10,15H,3-4,7H2,1-2H3. The molecule has 4 heteroatoms. The molecule has 18 heavy (non-hydrogen) atoms. The molecule has 0 aromatic carbocycles. The highest BCUT2D eigenvalue weighted by atomic mass is 16.3. The van der Waals surface area contributed by atoms with Crippen molar-refractivity contribution in [1.29, 1.82) is 0 Å². The van der Waals surface area contributed by atoms with Crippen LogP contribution < -0.4 is 5.32 Å². The van der Waals surface area contributed by atoms with Crippen LogP contribution in [-0.2, 0) is 6.54 Å². The minimum atomic E-state index is 0.627. The summed E-state index contributed by atoms with van der Waals surface area (Å²) in [6, 6.07) is 1.93. The molecule has 3 rings (SSSR count). The molecule has 2 heterocycles. The Morgan fingerprint density at radius 3 is 2.89 bits per heavy atom. The minimum Gasteiger partial charge on any atom is -0.469 e. The van der Waals surface area contributed by atoms with Crippen molar-refractivity contribution in [3.05, 3.63) is 35.5 Å². The molecule has 0 unspecified atom stereocenters. The summed E-state index contributed by atoms with van der Waals surface area (Å²) < 4.78 is 5.32. The third-order valence-electron chi connectivity index (χ3n) is 3.33. The van der Waals surface area contributed by atoms with Crippen molar-refractivity contribution in [2.45, 2.75) is 32.2 Å². The first-order valence-corrected chi connectivity index (χ1v) is 6.34. The van der Waals surface area contributed by atoms with Gasteiger partial charge in [-0.05, 0) is 32.9 Å². The van der Waals surface area contributed by atoms with Crippen LogP contribution in [0.5, 0.6) is 0 Å². The number of nitrogens with zero attached hydrogens (tertiary/aromatic N) is 2. The van der Waals surface area contributed by atoms with Gasteiger partial charge in [-0.15, -0.1) is 0 Å². The smallest absolute Gasteiger partial charge is 0.162 e. The normalized spacial score (nSPS) is 15.0. The summed E-state index contributed by atoms with van der Waals surface area (Å²) in [5, 5.41) is 3.17. The van der Waals surface area contributed by atoms with Gasteiger partial charge < -0.3 is 9.73 Å². The number of aromatic nitrogens is 2. The van der Waals surface area contributed by atoms with E-state index in [-0.39, 0.29) is 0 Å². The van der Waals surface area contributed by atoms with Crippen LogP contribution >= 0.6 is 0 Å². The van der Waals surface area contributed by atoms with Crippen molar-refractivity contribution >= 4 is 0 Å². The molecular formula is C14H17N3O. The quantitative estimate of drug-likeness (QED) is 0.897. The molecule has 0 atom stereocenters. The van der Waals surface area contributed by atoms with Crippen LogP contribution in [-0.4, -0.2) is 17.0 Å². The second-order valence-electron chi connectivity index (χ2n) is 4.80. The Bertz CT molecular complexity index is 558. The Morgan fingerprint density at radius 2 is 2.28 bits per heavy atom. The Kier molecular flexibility index (Phi) is 2.88. The Morgan fingerprint density at radius 1 is 1.44 bits per heavy atom. The first-order chi connectivity index (χ1) is 8.79. The van der Waals surface area contributed by atoms with E-state index in [1.54, 1.807) is 6.26 Å². The summed E-state index contributed by atoms with van der Waals surface area (Å²) in [4.78, 5) is 9.21. The van der Waals surface area contributed by atoms with Crippen molar-refractivity contribution in [3.8, 4) is 11.4 Å². The van der Waals surface area contributed by atoms with Crippen LogP contribution in [0, 0.1) is 6.92 Å². The molecule has 1 aliphatic rings. The lowest BCUT2D eigenvalue weighted by Crippen LogP contribution is -2.10. The Labute approximate surface area is 106 Å². The number of aryl methyl sites for hydroxylation is 1. The molecule has 2 aromatic rings. The molecule has 4 nitrogen and oxygen atoms in total. The molecule has 0 saturated heterocycles. The first-order valence-electron chi connectivity index (χ1n) is 6.34. The number of hydrogen-bond acceptors (Lipinski definition) is 4. The first kappa shape index (κ1) is 11.4. The van der Waals surface area contributed by atoms with E-state index >= 15 is 0 Å². The van der Waals surface area contributed by atoms with Crippen LogP contribution in [0.2, 0.25) is 0 Å². The maximum atomic E-state index is 5.32. The predicted octanol–water partition coefficient (Wildman–Crippen LogP) is 2.64. The lowest BCUT2D eigenvalue weighted by Gasteiger charge is -2.08. The molecule has 1 aliphatic carbocycles. The molecule has 0 aliphatic heterocycles. The second kappa shape index (κ2) is 4.53. The molecule has 0 bridgehead atoms. The lowest BCUT2D eigenvalue weighted by atomic mass is 10.1. The van der Waals surface area contributed by atoms with Gasteiger partial charge in [0.05, 0.1) is 17.5 Å². The van der Waals surface area contributed by atoms with Gasteiger partial charge in [-0.1, -0.05) is 0 Å². The predicted molar refractivity (Wildman–Crippen MR) is 69.2 cm³/mol. The highest BCUT2D eigenvalue weighted by molar-refractivity contribution is 5.57. The molecule has 1 N–H and O–H groups in total. The van der Waals surface area contributed by atoms with Crippen LogP contribution in [0.1, 0.15) is 35.8 Å². The topological polar surface area (TPSA) is 51.0 Å². The summed E-state index contributed by atoms with van der Waals surface area (Å²) in [6.45, 7) is 2.77. The van der Waals surface area contributed by atoms with Crippen LogP contribution in [0.15, 0.2) is 22.9 Å². The highest BCUT2D eigenvalue weighted by Crippen LogP contribution is 2.41. The van der Waals surface area contributed by atoms with Crippen LogP contribution in [0.4, 0.5) is 0 Å². The van der Waals surface area contributed by atoms with Gasteiger partial charge in [0.1, 0.15) is 5.76 Å². The van der Waals surface area contributed by atoms with Crippen LogP contribution in [0.25, 0.3) is 11.4 Å². The SMILES string of the molecule is CNCc1cnc(-c2ccoc2C)nc1C1CC1. The van der Waals surface area contributed by atoms with Crippen molar-refractivity contribution < 1.29 is 4.42 Å². The van der Waals surface area contributed by atoms with Crippen molar-refractivity contribution in [1.82, 2.24) is 15.3 Å². The van der Waals surface area contributed by atoms with Crippen molar-refractivity contribution in [2.75, 3.05) is 7.05 Å². The zero-order valence-electron chi connectivity index (χ0n) is 10.7. The van der Waals surface area contributed by atoms with E-state index in [2.05, 4.69) is 10.3 Å². The molecule has 2 aromatic heterocycles. The zero-order valence-corrected chi connectivity index (χ0v) is 10.7. The molecular weight excluding hydrogens is 226 g/mol. The van der Waals surface area contributed by atoms with Crippen molar-refractivity contribution in [2.24, 2.45) is 0 Å². The van der Waals surface area contributed by atoms with Gasteiger partial charge >= 0.3 is 0 Å². The summed E-state index contributed by atoms with van der Waals surface area (Å²) in [6.07, 6.45) is 6.13. The fraction of sp³-hybridized carbons (Fsp3) is 0.429. The van der Waals surface area contributed by atoms with E-state index in [9.17, 15) is 0 Å². The van der Waals surface area contributed by atoms with Gasteiger partial charge in [0.15, 0.2) is 5.82 Å². The van der Waals surface area contributed by atoms with Crippen LogP contribution in [0.3, 0.4) is 0 Å². The van der Waals surface area contributed by atoms with Gasteiger partial charge in [-0.3, -0.25) is 0 Å². The number of furan rings is 1. The van der Waals surface area contributed by atoms with E-state index in [4.69, 9.17) is 9.40 Å². The van der Waals surface area contributed by atoms with E-state index in [1.165, 1.54) is 24.1 Å². The fourth-order valence-corrected chi connectivity index (χ4v) is 2.20. The number of hydrogen-bond donors (Lipinski definition) is 1. The zero-order chi connectivity index (χ0) is 12.5. The number of rotatable bonds is 4. The third-order valence-corrected chi connectivity index (χ3v) is 3.33. The fourth-order valence-electron chi connectivity index (χ4n) is 2.20. The largest absolute Gasteiger partial charge is 0.469 e. The molecule has 1 fully saturated rings. The molecule has 1 saturated carbocycles. The van der Waals surface area contributed by atoms with E-state index < -0.39 is 0 Å². The van der Waals surface area contributed by atoms with Gasteiger partial charge in [-0.25, -0.2) is 9.97 Å². The maximum Gasteiger partial charge on any atom is 0.162 e.